The van der Waals surface area contributed by atoms with E-state index >= 15 is 0 Å². The molecule has 114 valence electrons. The first-order valence-electron chi connectivity index (χ1n) is 7.35. The molecule has 3 rings (SSSR count). The van der Waals surface area contributed by atoms with Crippen LogP contribution >= 0.6 is 11.3 Å². The molecule has 21 heavy (non-hydrogen) atoms. The van der Waals surface area contributed by atoms with Crippen molar-refractivity contribution < 1.29 is 14.3 Å². The van der Waals surface area contributed by atoms with Crippen LogP contribution in [-0.2, 0) is 22.4 Å². The molecule has 5 nitrogen and oxygen atoms in total. The zero-order valence-electron chi connectivity index (χ0n) is 12.2. The van der Waals surface area contributed by atoms with Crippen molar-refractivity contribution in [3.63, 3.8) is 0 Å². The molecule has 1 saturated carbocycles. The van der Waals surface area contributed by atoms with E-state index in [0.29, 0.717) is 17.1 Å². The van der Waals surface area contributed by atoms with E-state index in [2.05, 4.69) is 5.32 Å². The van der Waals surface area contributed by atoms with Crippen molar-refractivity contribution in [1.29, 1.82) is 0 Å². The van der Waals surface area contributed by atoms with E-state index in [1.54, 1.807) is 0 Å². The number of thiophene rings is 1. The summed E-state index contributed by atoms with van der Waals surface area (Å²) in [6, 6.07) is 0. The Hall–Kier alpha value is -1.40. The van der Waals surface area contributed by atoms with Crippen LogP contribution in [0, 0.1) is 5.41 Å². The molecule has 2 aliphatic carbocycles. The first-order chi connectivity index (χ1) is 10.1. The Morgan fingerprint density at radius 2 is 2.05 bits per heavy atom. The third kappa shape index (κ3) is 2.46. The van der Waals surface area contributed by atoms with Gasteiger partial charge in [0.2, 0.25) is 5.91 Å². The maximum Gasteiger partial charge on any atom is 0.341 e. The largest absolute Gasteiger partial charge is 0.465 e. The highest BCUT2D eigenvalue weighted by molar-refractivity contribution is 7.17. The lowest BCUT2D eigenvalue weighted by Gasteiger charge is -2.13. The molecule has 0 saturated heterocycles. The van der Waals surface area contributed by atoms with Gasteiger partial charge in [-0.15, -0.1) is 11.3 Å². The number of carbonyl (C=O) groups is 2. The lowest BCUT2D eigenvalue weighted by molar-refractivity contribution is -0.120. The minimum atomic E-state index is -0.419. The van der Waals surface area contributed by atoms with Gasteiger partial charge in [-0.1, -0.05) is 0 Å². The minimum Gasteiger partial charge on any atom is -0.465 e. The molecule has 6 heteroatoms. The molecule has 0 radical (unpaired) electrons. The van der Waals surface area contributed by atoms with Crippen molar-refractivity contribution in [1.82, 2.24) is 0 Å². The fourth-order valence-corrected chi connectivity index (χ4v) is 4.15. The van der Waals surface area contributed by atoms with Crippen molar-refractivity contribution >= 4 is 28.2 Å². The van der Waals surface area contributed by atoms with Crippen LogP contribution in [0.2, 0.25) is 0 Å². The van der Waals surface area contributed by atoms with E-state index in [9.17, 15) is 9.59 Å². The number of hydrogen-bond acceptors (Lipinski definition) is 5. The molecule has 1 fully saturated rings. The Labute approximate surface area is 127 Å². The van der Waals surface area contributed by atoms with Gasteiger partial charge in [0.15, 0.2) is 0 Å². The van der Waals surface area contributed by atoms with Gasteiger partial charge in [0.25, 0.3) is 0 Å². The minimum absolute atomic E-state index is 0.0613. The molecule has 1 heterocycles. The van der Waals surface area contributed by atoms with E-state index in [4.69, 9.17) is 10.5 Å². The van der Waals surface area contributed by atoms with E-state index in [1.807, 2.05) is 0 Å². The third-order valence-corrected chi connectivity index (χ3v) is 5.72. The second kappa shape index (κ2) is 5.42. The van der Waals surface area contributed by atoms with Crippen molar-refractivity contribution in [2.75, 3.05) is 19.0 Å². The number of methoxy groups -OCH3 is 1. The highest BCUT2D eigenvalue weighted by atomic mass is 32.1. The third-order valence-electron chi connectivity index (χ3n) is 4.51. The van der Waals surface area contributed by atoms with Crippen LogP contribution in [0.5, 0.6) is 0 Å². The molecule has 0 unspecified atom stereocenters. The molecule has 0 atom stereocenters. The number of aryl methyl sites for hydroxylation is 1. The summed E-state index contributed by atoms with van der Waals surface area (Å²) in [6.07, 6.45) is 5.72. The predicted molar refractivity (Wildman–Crippen MR) is 81.7 cm³/mol. The van der Waals surface area contributed by atoms with Crippen LogP contribution in [0.3, 0.4) is 0 Å². The average molecular weight is 308 g/mol. The van der Waals surface area contributed by atoms with Crippen molar-refractivity contribution in [3.8, 4) is 0 Å². The topological polar surface area (TPSA) is 81.4 Å². The molecule has 1 aromatic rings. The van der Waals surface area contributed by atoms with Crippen LogP contribution in [0.25, 0.3) is 0 Å². The molecular formula is C15H20N2O3S. The Balaban J connectivity index is 1.92. The predicted octanol–water partition coefficient (Wildman–Crippen LogP) is 2.09. The van der Waals surface area contributed by atoms with Crippen molar-refractivity contribution in [2.24, 2.45) is 11.1 Å². The lowest BCUT2D eigenvalue weighted by atomic mass is 9.95. The summed E-state index contributed by atoms with van der Waals surface area (Å²) in [5.41, 5.74) is 6.89. The summed E-state index contributed by atoms with van der Waals surface area (Å²) >= 11 is 1.51. The van der Waals surface area contributed by atoms with Crippen molar-refractivity contribution in [2.45, 2.75) is 38.5 Å². The zero-order valence-corrected chi connectivity index (χ0v) is 13.0. The smallest absolute Gasteiger partial charge is 0.341 e. The van der Waals surface area contributed by atoms with Gasteiger partial charge in [-0.3, -0.25) is 4.79 Å². The Bertz CT molecular complexity index is 590. The molecule has 1 amide bonds. The van der Waals surface area contributed by atoms with E-state index in [1.165, 1.54) is 23.3 Å². The molecule has 0 aliphatic heterocycles. The number of ether oxygens (including phenoxy) is 1. The Kier molecular flexibility index (Phi) is 3.75. The normalized spacial score (nSPS) is 18.8. The number of hydrogen-bond donors (Lipinski definition) is 2. The number of nitrogens with two attached hydrogens (primary N) is 1. The summed E-state index contributed by atoms with van der Waals surface area (Å²) in [4.78, 5) is 25.7. The van der Waals surface area contributed by atoms with E-state index < -0.39 is 5.41 Å². The van der Waals surface area contributed by atoms with Crippen molar-refractivity contribution in [3.05, 3.63) is 16.0 Å². The number of anilines is 1. The second-order valence-electron chi connectivity index (χ2n) is 5.85. The van der Waals surface area contributed by atoms with Crippen LogP contribution < -0.4 is 11.1 Å². The van der Waals surface area contributed by atoms with E-state index in [-0.39, 0.29) is 11.9 Å². The Morgan fingerprint density at radius 1 is 1.33 bits per heavy atom. The number of amides is 1. The fourth-order valence-electron chi connectivity index (χ4n) is 2.88. The number of fused-ring (bicyclic) bond motifs is 1. The van der Waals surface area contributed by atoms with Gasteiger partial charge in [0.1, 0.15) is 5.00 Å². The summed E-state index contributed by atoms with van der Waals surface area (Å²) in [6.45, 7) is 0.359. The molecule has 3 N–H and O–H groups in total. The number of nitrogens with one attached hydrogen (secondary N) is 1. The zero-order chi connectivity index (χ0) is 15.0. The van der Waals surface area contributed by atoms with Gasteiger partial charge in [-0.25, -0.2) is 4.79 Å². The van der Waals surface area contributed by atoms with Gasteiger partial charge in [-0.05, 0) is 44.1 Å². The molecule has 0 bridgehead atoms. The monoisotopic (exact) mass is 308 g/mol. The SMILES string of the molecule is COC(=O)c1c(NC(=O)C2(CN)CC2)sc2c1CCCC2. The summed E-state index contributed by atoms with van der Waals surface area (Å²) in [5.74, 6) is -0.420. The first-order valence-corrected chi connectivity index (χ1v) is 8.17. The summed E-state index contributed by atoms with van der Waals surface area (Å²) in [5, 5.41) is 3.57. The van der Waals surface area contributed by atoms with Gasteiger partial charge >= 0.3 is 5.97 Å². The molecule has 1 aromatic heterocycles. The average Bonchev–Trinajstić information content (AvgIpc) is 3.22. The summed E-state index contributed by atoms with van der Waals surface area (Å²) in [7, 11) is 1.38. The van der Waals surface area contributed by atoms with Gasteiger partial charge in [-0.2, -0.15) is 0 Å². The molecule has 0 spiro atoms. The standard InChI is InChI=1S/C15H20N2O3S/c1-20-13(18)11-9-4-2-3-5-10(9)21-12(11)17-14(19)15(8-16)6-7-15/h2-8,16H2,1H3,(H,17,19). The lowest BCUT2D eigenvalue weighted by Crippen LogP contribution is -2.31. The van der Waals surface area contributed by atoms with Gasteiger partial charge in [0, 0.05) is 11.4 Å². The van der Waals surface area contributed by atoms with E-state index in [0.717, 1.165) is 44.1 Å². The van der Waals surface area contributed by atoms with Crippen LogP contribution in [0.1, 0.15) is 46.5 Å². The van der Waals surface area contributed by atoms with Gasteiger partial charge in [0.05, 0.1) is 18.1 Å². The number of rotatable bonds is 4. The molecule has 2 aliphatic rings. The number of esters is 1. The summed E-state index contributed by atoms with van der Waals surface area (Å²) < 4.78 is 4.90. The van der Waals surface area contributed by atoms with Crippen LogP contribution in [0.4, 0.5) is 5.00 Å². The maximum atomic E-state index is 12.4. The molecule has 0 aromatic carbocycles. The first kappa shape index (κ1) is 14.5. The fraction of sp³-hybridized carbons (Fsp3) is 0.600. The van der Waals surface area contributed by atoms with Gasteiger partial charge < -0.3 is 15.8 Å². The molecular weight excluding hydrogens is 288 g/mol. The Morgan fingerprint density at radius 3 is 2.67 bits per heavy atom. The number of carbonyl (C=O) groups excluding carboxylic acids is 2. The quantitative estimate of drug-likeness (QED) is 0.835. The highest BCUT2D eigenvalue weighted by Gasteiger charge is 2.49. The van der Waals surface area contributed by atoms with Crippen LogP contribution in [0.15, 0.2) is 0 Å². The second-order valence-corrected chi connectivity index (χ2v) is 6.95. The van der Waals surface area contributed by atoms with Crippen LogP contribution in [-0.4, -0.2) is 25.5 Å². The maximum absolute atomic E-state index is 12.4. The highest BCUT2D eigenvalue weighted by Crippen LogP contribution is 2.46.